The van der Waals surface area contributed by atoms with Crippen molar-refractivity contribution < 1.29 is 9.53 Å². The van der Waals surface area contributed by atoms with Gasteiger partial charge >= 0.3 is 0 Å². The minimum absolute atomic E-state index is 0.160. The molecule has 1 unspecified atom stereocenters. The molecule has 33 heavy (non-hydrogen) atoms. The molecule has 6 heteroatoms. The van der Waals surface area contributed by atoms with E-state index >= 15 is 0 Å². The maximum atomic E-state index is 12.5. The number of halogens is 1. The number of aryl methyl sites for hydroxylation is 1. The minimum atomic E-state index is -0.255. The third-order valence-electron chi connectivity index (χ3n) is 5.28. The van der Waals surface area contributed by atoms with E-state index in [1.165, 1.54) is 0 Å². The average Bonchev–Trinajstić information content (AvgIpc) is 3.21. The average molecular weight is 460 g/mol. The number of benzene rings is 3. The molecule has 0 aliphatic heterocycles. The smallest absolute Gasteiger partial charge is 0.244 e. The quantitative estimate of drug-likeness (QED) is 0.245. The normalized spacial score (nSPS) is 12.2. The molecule has 1 amide bonds. The Bertz CT molecular complexity index is 1250. The van der Waals surface area contributed by atoms with Gasteiger partial charge in [-0.25, -0.2) is 4.98 Å². The Morgan fingerprint density at radius 1 is 1.06 bits per heavy atom. The fourth-order valence-corrected chi connectivity index (χ4v) is 3.88. The molecule has 1 aromatic heterocycles. The summed E-state index contributed by atoms with van der Waals surface area (Å²) in [6, 6.07) is 24.9. The van der Waals surface area contributed by atoms with Crippen LogP contribution in [0.25, 0.3) is 17.1 Å². The lowest BCUT2D eigenvalue weighted by atomic mass is 10.2. The van der Waals surface area contributed by atoms with Gasteiger partial charge in [-0.2, -0.15) is 0 Å². The SMILES string of the molecule is CC(NC(=O)/C=C\c1ccccc1)c1nc2ccccc2n1CCCOc1ccccc1Cl. The molecule has 1 N–H and O–H groups in total. The Labute approximate surface area is 198 Å². The van der Waals surface area contributed by atoms with E-state index < -0.39 is 0 Å². The van der Waals surface area contributed by atoms with Crippen LogP contribution >= 0.6 is 11.6 Å². The molecule has 0 aliphatic carbocycles. The van der Waals surface area contributed by atoms with Gasteiger partial charge < -0.3 is 14.6 Å². The molecule has 0 spiro atoms. The molecular formula is C27H26ClN3O2. The predicted molar refractivity (Wildman–Crippen MR) is 133 cm³/mol. The van der Waals surface area contributed by atoms with Gasteiger partial charge in [-0.15, -0.1) is 0 Å². The van der Waals surface area contributed by atoms with Gasteiger partial charge in [-0.3, -0.25) is 4.79 Å². The molecule has 0 bridgehead atoms. The molecule has 0 saturated heterocycles. The number of nitrogens with zero attached hydrogens (tertiary/aromatic N) is 2. The van der Waals surface area contributed by atoms with E-state index in [9.17, 15) is 4.79 Å². The van der Waals surface area contributed by atoms with Crippen LogP contribution in [0.15, 0.2) is 84.9 Å². The van der Waals surface area contributed by atoms with Crippen molar-refractivity contribution in [2.24, 2.45) is 0 Å². The summed E-state index contributed by atoms with van der Waals surface area (Å²) < 4.78 is 7.99. The number of carbonyl (C=O) groups is 1. The molecule has 4 rings (SSSR count). The highest BCUT2D eigenvalue weighted by Gasteiger charge is 2.17. The molecule has 4 aromatic rings. The van der Waals surface area contributed by atoms with E-state index in [2.05, 4.69) is 9.88 Å². The lowest BCUT2D eigenvalue weighted by Crippen LogP contribution is -2.27. The summed E-state index contributed by atoms with van der Waals surface area (Å²) in [5, 5.41) is 3.64. The number of rotatable bonds is 9. The Balaban J connectivity index is 1.44. The topological polar surface area (TPSA) is 56.2 Å². The van der Waals surface area contributed by atoms with Crippen molar-refractivity contribution in [2.75, 3.05) is 6.61 Å². The summed E-state index contributed by atoms with van der Waals surface area (Å²) in [4.78, 5) is 17.3. The first-order valence-electron chi connectivity index (χ1n) is 11.0. The highest BCUT2D eigenvalue weighted by Crippen LogP contribution is 2.24. The van der Waals surface area contributed by atoms with Gasteiger partial charge in [-0.1, -0.05) is 66.2 Å². The number of hydrogen-bond donors (Lipinski definition) is 1. The van der Waals surface area contributed by atoms with E-state index in [4.69, 9.17) is 21.3 Å². The van der Waals surface area contributed by atoms with Crippen LogP contribution < -0.4 is 10.1 Å². The number of nitrogens with one attached hydrogen (secondary N) is 1. The number of amides is 1. The number of carbonyl (C=O) groups excluding carboxylic acids is 1. The van der Waals surface area contributed by atoms with Gasteiger partial charge in [-0.05, 0) is 49.2 Å². The van der Waals surface area contributed by atoms with Crippen LogP contribution in [0, 0.1) is 0 Å². The van der Waals surface area contributed by atoms with Crippen LogP contribution in [0.1, 0.15) is 30.8 Å². The zero-order valence-electron chi connectivity index (χ0n) is 18.4. The van der Waals surface area contributed by atoms with Crippen molar-refractivity contribution in [1.29, 1.82) is 0 Å². The Hall–Kier alpha value is -3.57. The van der Waals surface area contributed by atoms with Crippen LogP contribution in [0.3, 0.4) is 0 Å². The molecule has 5 nitrogen and oxygen atoms in total. The third-order valence-corrected chi connectivity index (χ3v) is 5.59. The van der Waals surface area contributed by atoms with Crippen LogP contribution in [0.5, 0.6) is 5.75 Å². The summed E-state index contributed by atoms with van der Waals surface area (Å²) in [5.74, 6) is 1.34. The molecule has 0 fully saturated rings. The third kappa shape index (κ3) is 5.82. The molecule has 3 aromatic carbocycles. The molecule has 0 radical (unpaired) electrons. The fourth-order valence-electron chi connectivity index (χ4n) is 3.69. The molecular weight excluding hydrogens is 434 g/mol. The highest BCUT2D eigenvalue weighted by atomic mass is 35.5. The van der Waals surface area contributed by atoms with Gasteiger partial charge in [0.2, 0.25) is 5.91 Å². The van der Waals surface area contributed by atoms with Crippen molar-refractivity contribution in [1.82, 2.24) is 14.9 Å². The fraction of sp³-hybridized carbons (Fsp3) is 0.185. The van der Waals surface area contributed by atoms with Crippen LogP contribution in [-0.2, 0) is 11.3 Å². The van der Waals surface area contributed by atoms with Gasteiger partial charge in [0.15, 0.2) is 0 Å². The summed E-state index contributed by atoms with van der Waals surface area (Å²) in [5.41, 5.74) is 2.91. The van der Waals surface area contributed by atoms with E-state index in [1.54, 1.807) is 12.2 Å². The maximum Gasteiger partial charge on any atom is 0.244 e. The van der Waals surface area contributed by atoms with Crippen LogP contribution in [-0.4, -0.2) is 22.1 Å². The number of imidazole rings is 1. The van der Waals surface area contributed by atoms with Crippen molar-refractivity contribution >= 4 is 34.6 Å². The lowest BCUT2D eigenvalue weighted by molar-refractivity contribution is -0.117. The molecule has 168 valence electrons. The Morgan fingerprint density at radius 3 is 2.61 bits per heavy atom. The van der Waals surface area contributed by atoms with Crippen LogP contribution in [0.2, 0.25) is 5.02 Å². The Kier molecular flexibility index (Phi) is 7.43. The summed E-state index contributed by atoms with van der Waals surface area (Å²) in [6.45, 7) is 3.18. The van der Waals surface area contributed by atoms with Crippen molar-refractivity contribution in [2.45, 2.75) is 25.9 Å². The zero-order valence-corrected chi connectivity index (χ0v) is 19.2. The van der Waals surface area contributed by atoms with E-state index in [1.807, 2.05) is 85.8 Å². The van der Waals surface area contributed by atoms with Gasteiger partial charge in [0, 0.05) is 12.6 Å². The largest absolute Gasteiger partial charge is 0.492 e. The summed E-state index contributed by atoms with van der Waals surface area (Å²) in [7, 11) is 0. The van der Waals surface area contributed by atoms with Gasteiger partial charge in [0.05, 0.1) is 28.7 Å². The summed E-state index contributed by atoms with van der Waals surface area (Å²) >= 11 is 6.17. The number of fused-ring (bicyclic) bond motifs is 1. The number of para-hydroxylation sites is 3. The van der Waals surface area contributed by atoms with Gasteiger partial charge in [0.25, 0.3) is 0 Å². The van der Waals surface area contributed by atoms with E-state index in [0.717, 1.165) is 28.8 Å². The Morgan fingerprint density at radius 2 is 1.79 bits per heavy atom. The number of hydrogen-bond acceptors (Lipinski definition) is 3. The van der Waals surface area contributed by atoms with Crippen molar-refractivity contribution in [3.8, 4) is 5.75 Å². The first-order valence-corrected chi connectivity index (χ1v) is 11.4. The highest BCUT2D eigenvalue weighted by molar-refractivity contribution is 6.32. The second kappa shape index (κ2) is 10.8. The molecule has 0 saturated carbocycles. The van der Waals surface area contributed by atoms with Crippen molar-refractivity contribution in [3.05, 3.63) is 101 Å². The maximum absolute atomic E-state index is 12.5. The standard InChI is InChI=1S/C27H26ClN3O2/c1-20(29-26(32)17-16-21-10-3-2-4-11-21)27-30-23-13-6-7-14-24(23)31(27)18-9-19-33-25-15-8-5-12-22(25)28/h2-8,10-17,20H,9,18-19H2,1H3,(H,29,32)/b17-16-. The van der Waals surface area contributed by atoms with E-state index in [-0.39, 0.29) is 11.9 Å². The molecule has 0 aliphatic rings. The lowest BCUT2D eigenvalue weighted by Gasteiger charge is -2.16. The van der Waals surface area contributed by atoms with E-state index in [0.29, 0.717) is 23.9 Å². The predicted octanol–water partition coefficient (Wildman–Crippen LogP) is 6.05. The number of aromatic nitrogens is 2. The second-order valence-corrected chi connectivity index (χ2v) is 8.12. The molecule has 1 atom stereocenters. The monoisotopic (exact) mass is 459 g/mol. The van der Waals surface area contributed by atoms with Crippen LogP contribution in [0.4, 0.5) is 0 Å². The minimum Gasteiger partial charge on any atom is -0.492 e. The zero-order chi connectivity index (χ0) is 23.0. The van der Waals surface area contributed by atoms with Gasteiger partial charge in [0.1, 0.15) is 11.6 Å². The first kappa shape index (κ1) is 22.6. The molecule has 1 heterocycles. The van der Waals surface area contributed by atoms with Crippen molar-refractivity contribution in [3.63, 3.8) is 0 Å². The summed E-state index contributed by atoms with van der Waals surface area (Å²) in [6.07, 6.45) is 4.13. The number of ether oxygens (including phenoxy) is 1. The first-order chi connectivity index (χ1) is 16.1. The second-order valence-electron chi connectivity index (χ2n) is 7.72.